The van der Waals surface area contributed by atoms with E-state index in [4.69, 9.17) is 5.73 Å². The van der Waals surface area contributed by atoms with Crippen LogP contribution in [0.25, 0.3) is 0 Å². The standard InChI is InChI=1S/C15H21NO/c16-10-12-9-15(12,11-5-1-2-6-11)13-7-3-4-8-14(13)17/h3-4,7-8,11-12,17H,1-2,5-6,9-10,16H2. The number of para-hydroxylation sites is 1. The molecule has 0 heterocycles. The number of phenolic OH excluding ortho intramolecular Hbond substituents is 1. The van der Waals surface area contributed by atoms with Crippen molar-refractivity contribution in [2.45, 2.75) is 37.5 Å². The van der Waals surface area contributed by atoms with Crippen molar-refractivity contribution in [3.63, 3.8) is 0 Å². The molecule has 0 spiro atoms. The quantitative estimate of drug-likeness (QED) is 0.840. The van der Waals surface area contributed by atoms with Gasteiger partial charge in [-0.05, 0) is 43.7 Å². The summed E-state index contributed by atoms with van der Waals surface area (Å²) in [4.78, 5) is 0. The molecule has 2 nitrogen and oxygen atoms in total. The molecule has 0 saturated heterocycles. The van der Waals surface area contributed by atoms with E-state index in [1.54, 1.807) is 0 Å². The number of benzene rings is 1. The van der Waals surface area contributed by atoms with Crippen molar-refractivity contribution < 1.29 is 5.11 Å². The fraction of sp³-hybridized carbons (Fsp3) is 0.600. The number of hydrogen-bond acceptors (Lipinski definition) is 2. The van der Waals surface area contributed by atoms with E-state index in [0.29, 0.717) is 11.7 Å². The number of phenols is 1. The summed E-state index contributed by atoms with van der Waals surface area (Å²) in [5.74, 6) is 1.79. The van der Waals surface area contributed by atoms with E-state index in [1.165, 1.54) is 32.1 Å². The maximum Gasteiger partial charge on any atom is 0.119 e. The summed E-state index contributed by atoms with van der Waals surface area (Å²) in [6.45, 7) is 0.755. The van der Waals surface area contributed by atoms with Gasteiger partial charge in [0.2, 0.25) is 0 Å². The Morgan fingerprint density at radius 1 is 1.24 bits per heavy atom. The van der Waals surface area contributed by atoms with Crippen LogP contribution in [0.15, 0.2) is 24.3 Å². The fourth-order valence-electron chi connectivity index (χ4n) is 4.00. The normalized spacial score (nSPS) is 32.9. The van der Waals surface area contributed by atoms with E-state index >= 15 is 0 Å². The second kappa shape index (κ2) is 4.02. The molecule has 1 aromatic carbocycles. The first kappa shape index (κ1) is 11.1. The highest BCUT2D eigenvalue weighted by molar-refractivity contribution is 5.45. The summed E-state index contributed by atoms with van der Waals surface area (Å²) in [5.41, 5.74) is 7.24. The zero-order valence-electron chi connectivity index (χ0n) is 10.2. The van der Waals surface area contributed by atoms with E-state index in [9.17, 15) is 5.11 Å². The Balaban J connectivity index is 1.98. The summed E-state index contributed by atoms with van der Waals surface area (Å²) in [6, 6.07) is 7.86. The zero-order valence-corrected chi connectivity index (χ0v) is 10.2. The van der Waals surface area contributed by atoms with Gasteiger partial charge in [-0.3, -0.25) is 0 Å². The van der Waals surface area contributed by atoms with Crippen LogP contribution >= 0.6 is 0 Å². The average molecular weight is 231 g/mol. The van der Waals surface area contributed by atoms with Gasteiger partial charge in [-0.25, -0.2) is 0 Å². The van der Waals surface area contributed by atoms with Gasteiger partial charge in [-0.15, -0.1) is 0 Å². The molecule has 2 heteroatoms. The number of hydrogen-bond donors (Lipinski definition) is 2. The van der Waals surface area contributed by atoms with Crippen LogP contribution in [0.4, 0.5) is 0 Å². The predicted molar refractivity (Wildman–Crippen MR) is 68.9 cm³/mol. The van der Waals surface area contributed by atoms with E-state index in [1.807, 2.05) is 18.2 Å². The van der Waals surface area contributed by atoms with Crippen molar-refractivity contribution >= 4 is 0 Å². The Bertz CT molecular complexity index is 411. The van der Waals surface area contributed by atoms with Gasteiger partial charge >= 0.3 is 0 Å². The summed E-state index contributed by atoms with van der Waals surface area (Å²) in [6.07, 6.45) is 6.48. The Labute approximate surface area is 103 Å². The van der Waals surface area contributed by atoms with Crippen LogP contribution in [0.2, 0.25) is 0 Å². The van der Waals surface area contributed by atoms with Crippen LogP contribution in [0.1, 0.15) is 37.7 Å². The first-order valence-electron chi connectivity index (χ1n) is 6.77. The first-order chi connectivity index (χ1) is 8.29. The van der Waals surface area contributed by atoms with Gasteiger partial charge in [0.1, 0.15) is 5.75 Å². The molecule has 0 aromatic heterocycles. The lowest BCUT2D eigenvalue weighted by Gasteiger charge is -2.26. The molecular weight excluding hydrogens is 210 g/mol. The molecule has 92 valence electrons. The number of nitrogens with two attached hydrogens (primary N) is 1. The van der Waals surface area contributed by atoms with E-state index < -0.39 is 0 Å². The highest BCUT2D eigenvalue weighted by Gasteiger charge is 2.59. The van der Waals surface area contributed by atoms with Crippen LogP contribution < -0.4 is 5.73 Å². The van der Waals surface area contributed by atoms with Gasteiger partial charge in [0.05, 0.1) is 0 Å². The Morgan fingerprint density at radius 3 is 2.53 bits per heavy atom. The van der Waals surface area contributed by atoms with Gasteiger partial charge in [0.25, 0.3) is 0 Å². The largest absolute Gasteiger partial charge is 0.508 e. The van der Waals surface area contributed by atoms with Crippen LogP contribution in [0.5, 0.6) is 5.75 Å². The third-order valence-electron chi connectivity index (χ3n) is 4.93. The van der Waals surface area contributed by atoms with Crippen LogP contribution in [-0.4, -0.2) is 11.7 Å². The molecule has 17 heavy (non-hydrogen) atoms. The van der Waals surface area contributed by atoms with Crippen LogP contribution in [-0.2, 0) is 5.41 Å². The summed E-state index contributed by atoms with van der Waals surface area (Å²) in [7, 11) is 0. The smallest absolute Gasteiger partial charge is 0.119 e. The minimum atomic E-state index is 0.205. The van der Waals surface area contributed by atoms with Gasteiger partial charge in [-0.2, -0.15) is 0 Å². The first-order valence-corrected chi connectivity index (χ1v) is 6.77. The Hall–Kier alpha value is -1.02. The van der Waals surface area contributed by atoms with Crippen molar-refractivity contribution in [2.75, 3.05) is 6.54 Å². The minimum absolute atomic E-state index is 0.205. The summed E-state index contributed by atoms with van der Waals surface area (Å²) >= 11 is 0. The Morgan fingerprint density at radius 2 is 1.94 bits per heavy atom. The van der Waals surface area contributed by atoms with Gasteiger partial charge < -0.3 is 10.8 Å². The highest BCUT2D eigenvalue weighted by atomic mass is 16.3. The fourth-order valence-corrected chi connectivity index (χ4v) is 4.00. The maximum absolute atomic E-state index is 10.1. The topological polar surface area (TPSA) is 46.2 Å². The second-order valence-electron chi connectivity index (χ2n) is 5.68. The van der Waals surface area contributed by atoms with E-state index in [2.05, 4.69) is 6.07 Å². The molecule has 0 amide bonds. The summed E-state index contributed by atoms with van der Waals surface area (Å²) in [5, 5.41) is 10.1. The highest BCUT2D eigenvalue weighted by Crippen LogP contribution is 2.63. The summed E-state index contributed by atoms with van der Waals surface area (Å²) < 4.78 is 0. The van der Waals surface area contributed by atoms with Gasteiger partial charge in [0.15, 0.2) is 0 Å². The van der Waals surface area contributed by atoms with Gasteiger partial charge in [-0.1, -0.05) is 31.0 Å². The molecule has 2 aliphatic carbocycles. The number of aromatic hydroxyl groups is 1. The lowest BCUT2D eigenvalue weighted by Crippen LogP contribution is -2.23. The molecule has 2 aliphatic rings. The molecule has 2 atom stereocenters. The monoisotopic (exact) mass is 231 g/mol. The molecule has 2 fully saturated rings. The maximum atomic E-state index is 10.1. The Kier molecular flexibility index (Phi) is 2.62. The molecule has 3 N–H and O–H groups in total. The third-order valence-corrected chi connectivity index (χ3v) is 4.93. The van der Waals surface area contributed by atoms with Crippen LogP contribution in [0, 0.1) is 11.8 Å². The molecule has 3 rings (SSSR count). The average Bonchev–Trinajstić information content (AvgIpc) is 2.83. The minimum Gasteiger partial charge on any atom is -0.508 e. The van der Waals surface area contributed by atoms with Crippen molar-refractivity contribution in [3.05, 3.63) is 29.8 Å². The van der Waals surface area contributed by atoms with Crippen molar-refractivity contribution in [3.8, 4) is 5.75 Å². The second-order valence-corrected chi connectivity index (χ2v) is 5.68. The third kappa shape index (κ3) is 1.58. The molecular formula is C15H21NO. The molecule has 0 radical (unpaired) electrons. The van der Waals surface area contributed by atoms with Crippen molar-refractivity contribution in [1.82, 2.24) is 0 Å². The molecule has 2 saturated carbocycles. The molecule has 2 unspecified atom stereocenters. The zero-order chi connectivity index (χ0) is 11.9. The van der Waals surface area contributed by atoms with E-state index in [0.717, 1.165) is 18.0 Å². The SMILES string of the molecule is NCC1CC1(c1ccccc1O)C1CCCC1. The molecule has 0 bridgehead atoms. The molecule has 1 aromatic rings. The predicted octanol–water partition coefficient (Wildman–Crippen LogP) is 2.80. The van der Waals surface area contributed by atoms with E-state index in [-0.39, 0.29) is 5.41 Å². The van der Waals surface area contributed by atoms with Crippen LogP contribution in [0.3, 0.4) is 0 Å². The number of rotatable bonds is 3. The van der Waals surface area contributed by atoms with Crippen molar-refractivity contribution in [1.29, 1.82) is 0 Å². The van der Waals surface area contributed by atoms with Gasteiger partial charge in [0, 0.05) is 11.0 Å². The van der Waals surface area contributed by atoms with Crippen molar-refractivity contribution in [2.24, 2.45) is 17.6 Å². The lowest BCUT2D eigenvalue weighted by atomic mass is 9.79. The lowest BCUT2D eigenvalue weighted by molar-refractivity contribution is 0.367. The molecule has 0 aliphatic heterocycles.